The summed E-state index contributed by atoms with van der Waals surface area (Å²) in [7, 11) is 2.98. The van der Waals surface area contributed by atoms with Crippen molar-refractivity contribution in [3.8, 4) is 11.8 Å². The molecule has 100 valence electrons. The Balaban J connectivity index is 2.51. The number of aromatic nitrogens is 2. The molecule has 1 N–H and O–H groups in total. The second-order valence-electron chi connectivity index (χ2n) is 4.21. The summed E-state index contributed by atoms with van der Waals surface area (Å²) in [4.78, 5) is 8.34. The fourth-order valence-electron chi connectivity index (χ4n) is 1.83. The summed E-state index contributed by atoms with van der Waals surface area (Å²) >= 11 is 0. The number of benzene rings is 1. The minimum atomic E-state index is -1.29. The monoisotopic (exact) mass is 260 g/mol. The van der Waals surface area contributed by atoms with Crippen LogP contribution in [0.5, 0.6) is 11.8 Å². The molecule has 0 aliphatic carbocycles. The number of methoxy groups -OCH3 is 2. The van der Waals surface area contributed by atoms with Crippen LogP contribution in [0, 0.1) is 0 Å². The highest BCUT2D eigenvalue weighted by molar-refractivity contribution is 5.37. The van der Waals surface area contributed by atoms with Gasteiger partial charge in [0.1, 0.15) is 11.3 Å². The Kier molecular flexibility index (Phi) is 3.66. The molecule has 1 atom stereocenters. The number of ether oxygens (including phenoxy) is 2. The van der Waals surface area contributed by atoms with Gasteiger partial charge in [0, 0.05) is 0 Å². The summed E-state index contributed by atoms with van der Waals surface area (Å²) in [6.07, 6.45) is 1.45. The van der Waals surface area contributed by atoms with Crippen LogP contribution in [-0.2, 0) is 5.60 Å². The molecule has 1 aromatic heterocycles. The van der Waals surface area contributed by atoms with E-state index in [1.807, 2.05) is 30.3 Å². The van der Waals surface area contributed by atoms with Crippen molar-refractivity contribution in [3.05, 3.63) is 47.8 Å². The van der Waals surface area contributed by atoms with Gasteiger partial charge >= 0.3 is 0 Å². The highest BCUT2D eigenvalue weighted by Crippen LogP contribution is 2.33. The normalized spacial score (nSPS) is 13.7. The van der Waals surface area contributed by atoms with Crippen molar-refractivity contribution in [2.24, 2.45) is 0 Å². The lowest BCUT2D eigenvalue weighted by molar-refractivity contribution is 0.0926. The minimum absolute atomic E-state index is 0.244. The zero-order chi connectivity index (χ0) is 13.9. The Labute approximate surface area is 111 Å². The fraction of sp³-hybridized carbons (Fsp3) is 0.286. The van der Waals surface area contributed by atoms with Crippen molar-refractivity contribution in [2.45, 2.75) is 12.5 Å². The van der Waals surface area contributed by atoms with Crippen LogP contribution in [-0.4, -0.2) is 29.3 Å². The molecule has 2 aromatic rings. The van der Waals surface area contributed by atoms with Gasteiger partial charge in [0.05, 0.1) is 20.4 Å². The van der Waals surface area contributed by atoms with Crippen LogP contribution in [0.2, 0.25) is 0 Å². The molecular formula is C14H16N2O3. The summed E-state index contributed by atoms with van der Waals surface area (Å²) in [6, 6.07) is 9.24. The van der Waals surface area contributed by atoms with Gasteiger partial charge in [-0.05, 0) is 12.5 Å². The predicted molar refractivity (Wildman–Crippen MR) is 70.3 cm³/mol. The molecule has 0 amide bonds. The first kappa shape index (κ1) is 13.3. The SMILES string of the molecule is COc1cnc(C(C)(O)c2ccccc2)c(OC)n1. The van der Waals surface area contributed by atoms with Gasteiger partial charge in [0.15, 0.2) is 0 Å². The Bertz CT molecular complexity index is 556. The number of rotatable bonds is 4. The first-order chi connectivity index (χ1) is 9.09. The smallest absolute Gasteiger partial charge is 0.242 e. The maximum atomic E-state index is 10.7. The molecule has 0 saturated carbocycles. The summed E-state index contributed by atoms with van der Waals surface area (Å²) in [5.41, 5.74) is -0.221. The van der Waals surface area contributed by atoms with Crippen LogP contribution in [0.3, 0.4) is 0 Å². The van der Waals surface area contributed by atoms with E-state index in [9.17, 15) is 5.11 Å². The second-order valence-corrected chi connectivity index (χ2v) is 4.21. The van der Waals surface area contributed by atoms with Crippen LogP contribution in [0.15, 0.2) is 36.5 Å². The Morgan fingerprint density at radius 1 is 1.11 bits per heavy atom. The van der Waals surface area contributed by atoms with Crippen molar-refractivity contribution < 1.29 is 14.6 Å². The van der Waals surface area contributed by atoms with Crippen LogP contribution < -0.4 is 9.47 Å². The Hall–Kier alpha value is -2.14. The summed E-state index contributed by atoms with van der Waals surface area (Å²) < 4.78 is 10.2. The lowest BCUT2D eigenvalue weighted by atomic mass is 9.92. The summed E-state index contributed by atoms with van der Waals surface area (Å²) in [5.74, 6) is 0.581. The van der Waals surface area contributed by atoms with Gasteiger partial charge in [-0.25, -0.2) is 4.98 Å². The third-order valence-electron chi connectivity index (χ3n) is 2.92. The molecule has 2 rings (SSSR count). The average Bonchev–Trinajstić information content (AvgIpc) is 2.47. The lowest BCUT2D eigenvalue weighted by Crippen LogP contribution is -2.25. The maximum absolute atomic E-state index is 10.7. The standard InChI is InChI=1S/C14H16N2O3/c1-14(17,10-7-5-4-6-8-10)12-13(19-3)16-11(18-2)9-15-12/h4-9,17H,1-3H3. The van der Waals surface area contributed by atoms with Crippen molar-refractivity contribution in [2.75, 3.05) is 14.2 Å². The van der Waals surface area contributed by atoms with Crippen LogP contribution >= 0.6 is 0 Å². The first-order valence-electron chi connectivity index (χ1n) is 5.83. The van der Waals surface area contributed by atoms with E-state index in [0.29, 0.717) is 17.1 Å². The molecule has 5 nitrogen and oxygen atoms in total. The molecule has 1 unspecified atom stereocenters. The maximum Gasteiger partial charge on any atom is 0.242 e. The highest BCUT2D eigenvalue weighted by Gasteiger charge is 2.31. The van der Waals surface area contributed by atoms with E-state index < -0.39 is 5.60 Å². The molecule has 19 heavy (non-hydrogen) atoms. The van der Waals surface area contributed by atoms with Gasteiger partial charge in [-0.2, -0.15) is 4.98 Å². The van der Waals surface area contributed by atoms with E-state index in [4.69, 9.17) is 9.47 Å². The molecule has 0 aliphatic heterocycles. The van der Waals surface area contributed by atoms with Crippen LogP contribution in [0.1, 0.15) is 18.2 Å². The molecule has 1 heterocycles. The lowest BCUT2D eigenvalue weighted by Gasteiger charge is -2.24. The van der Waals surface area contributed by atoms with Crippen molar-refractivity contribution in [3.63, 3.8) is 0 Å². The van der Waals surface area contributed by atoms with Crippen molar-refractivity contribution in [1.82, 2.24) is 9.97 Å². The van der Waals surface area contributed by atoms with E-state index in [1.54, 1.807) is 6.92 Å². The van der Waals surface area contributed by atoms with Gasteiger partial charge < -0.3 is 14.6 Å². The summed E-state index contributed by atoms with van der Waals surface area (Å²) in [5, 5.41) is 10.7. The molecule has 0 fully saturated rings. The summed E-state index contributed by atoms with van der Waals surface area (Å²) in [6.45, 7) is 1.65. The van der Waals surface area contributed by atoms with Crippen molar-refractivity contribution in [1.29, 1.82) is 0 Å². The number of aliphatic hydroxyl groups is 1. The molecule has 0 spiro atoms. The average molecular weight is 260 g/mol. The van der Waals surface area contributed by atoms with Gasteiger partial charge in [-0.15, -0.1) is 0 Å². The van der Waals surface area contributed by atoms with E-state index in [-0.39, 0.29) is 5.88 Å². The largest absolute Gasteiger partial charge is 0.480 e. The van der Waals surface area contributed by atoms with Gasteiger partial charge in [-0.1, -0.05) is 30.3 Å². The molecule has 0 bridgehead atoms. The van der Waals surface area contributed by atoms with E-state index in [1.165, 1.54) is 20.4 Å². The first-order valence-corrected chi connectivity index (χ1v) is 5.83. The van der Waals surface area contributed by atoms with E-state index in [0.717, 1.165) is 0 Å². The van der Waals surface area contributed by atoms with E-state index in [2.05, 4.69) is 9.97 Å². The predicted octanol–water partition coefficient (Wildman–Crippen LogP) is 1.75. The highest BCUT2D eigenvalue weighted by atomic mass is 16.5. The molecule has 0 radical (unpaired) electrons. The third-order valence-corrected chi connectivity index (χ3v) is 2.92. The third kappa shape index (κ3) is 2.51. The fourth-order valence-corrected chi connectivity index (χ4v) is 1.83. The van der Waals surface area contributed by atoms with Gasteiger partial charge in [0.2, 0.25) is 11.8 Å². The molecule has 5 heteroatoms. The molecular weight excluding hydrogens is 244 g/mol. The number of nitrogens with zero attached hydrogens (tertiary/aromatic N) is 2. The Morgan fingerprint density at radius 2 is 1.79 bits per heavy atom. The van der Waals surface area contributed by atoms with Crippen molar-refractivity contribution >= 4 is 0 Å². The second kappa shape index (κ2) is 5.24. The molecule has 1 aromatic carbocycles. The Morgan fingerprint density at radius 3 is 2.37 bits per heavy atom. The molecule has 0 aliphatic rings. The molecule has 0 saturated heterocycles. The zero-order valence-corrected chi connectivity index (χ0v) is 11.1. The van der Waals surface area contributed by atoms with Gasteiger partial charge in [-0.3, -0.25) is 0 Å². The van der Waals surface area contributed by atoms with Crippen LogP contribution in [0.4, 0.5) is 0 Å². The zero-order valence-electron chi connectivity index (χ0n) is 11.1. The van der Waals surface area contributed by atoms with Crippen LogP contribution in [0.25, 0.3) is 0 Å². The number of hydrogen-bond acceptors (Lipinski definition) is 5. The topological polar surface area (TPSA) is 64.5 Å². The number of hydrogen-bond donors (Lipinski definition) is 1. The van der Waals surface area contributed by atoms with Gasteiger partial charge in [0.25, 0.3) is 0 Å². The quantitative estimate of drug-likeness (QED) is 0.907. The van der Waals surface area contributed by atoms with E-state index >= 15 is 0 Å². The minimum Gasteiger partial charge on any atom is -0.480 e.